The number of aromatic nitrogens is 1. The molecule has 0 aliphatic carbocycles. The van der Waals surface area contributed by atoms with Crippen LogP contribution in [0.4, 0.5) is 11.4 Å². The fourth-order valence-electron chi connectivity index (χ4n) is 2.69. The molecule has 0 bridgehead atoms. The monoisotopic (exact) mass is 384 g/mol. The number of nitrogens with zero attached hydrogens (tertiary/aromatic N) is 2. The summed E-state index contributed by atoms with van der Waals surface area (Å²) in [5.74, 6) is 0.381. The zero-order valence-electron chi connectivity index (χ0n) is 15.1. The van der Waals surface area contributed by atoms with Crippen LogP contribution in [0.3, 0.4) is 0 Å². The van der Waals surface area contributed by atoms with Crippen LogP contribution in [0, 0.1) is 0 Å². The molecule has 7 heteroatoms. The Morgan fingerprint density at radius 2 is 1.89 bits per heavy atom. The van der Waals surface area contributed by atoms with Crippen molar-refractivity contribution in [2.75, 3.05) is 18.6 Å². The van der Waals surface area contributed by atoms with E-state index in [1.54, 1.807) is 48.2 Å². The molecule has 1 heterocycles. The van der Waals surface area contributed by atoms with Gasteiger partial charge in [-0.15, -0.1) is 11.3 Å². The van der Waals surface area contributed by atoms with E-state index in [0.29, 0.717) is 24.7 Å². The fraction of sp³-hybridized carbons (Fsp3) is 0.200. The van der Waals surface area contributed by atoms with Crippen LogP contribution in [-0.4, -0.2) is 29.8 Å². The first-order chi connectivity index (χ1) is 13.1. The molecule has 0 amide bonds. The maximum atomic E-state index is 11.1. The Kier molecular flexibility index (Phi) is 5.93. The fourth-order valence-corrected chi connectivity index (χ4v) is 3.27. The summed E-state index contributed by atoms with van der Waals surface area (Å²) >= 11 is 1.57. The molecule has 0 aliphatic rings. The molecule has 6 nitrogen and oxygen atoms in total. The summed E-state index contributed by atoms with van der Waals surface area (Å²) < 4.78 is 11.1. The zero-order valence-corrected chi connectivity index (χ0v) is 15.9. The minimum atomic E-state index is -0.946. The molecule has 1 aromatic heterocycles. The lowest BCUT2D eigenvalue weighted by atomic mass is 10.1. The number of carboxylic acid groups (broad SMARTS) is 1. The van der Waals surface area contributed by atoms with Gasteiger partial charge in [-0.3, -0.25) is 4.98 Å². The van der Waals surface area contributed by atoms with Gasteiger partial charge in [-0.2, -0.15) is 0 Å². The number of carbonyl (C=O) groups is 1. The first-order valence-corrected chi connectivity index (χ1v) is 9.29. The van der Waals surface area contributed by atoms with E-state index in [0.717, 1.165) is 16.3 Å². The topological polar surface area (TPSA) is 71.9 Å². The molecule has 3 rings (SSSR count). The van der Waals surface area contributed by atoms with Gasteiger partial charge in [0.15, 0.2) is 11.5 Å². The lowest BCUT2D eigenvalue weighted by Gasteiger charge is -2.25. The predicted molar refractivity (Wildman–Crippen MR) is 106 cm³/mol. The number of methoxy groups -OCH3 is 1. The quantitative estimate of drug-likeness (QED) is 0.613. The molecule has 0 unspecified atom stereocenters. The van der Waals surface area contributed by atoms with Crippen LogP contribution < -0.4 is 14.4 Å². The van der Waals surface area contributed by atoms with Gasteiger partial charge in [-0.05, 0) is 43.3 Å². The second-order valence-corrected chi connectivity index (χ2v) is 6.64. The van der Waals surface area contributed by atoms with Gasteiger partial charge >= 0.3 is 5.97 Å². The minimum absolute atomic E-state index is 0.251. The van der Waals surface area contributed by atoms with Gasteiger partial charge < -0.3 is 19.5 Å². The normalized spacial score (nSPS) is 10.4. The lowest BCUT2D eigenvalue weighted by Crippen LogP contribution is -2.16. The average molecular weight is 384 g/mol. The van der Waals surface area contributed by atoms with Gasteiger partial charge in [0, 0.05) is 28.5 Å². The molecule has 1 N–H and O–H groups in total. The van der Waals surface area contributed by atoms with Gasteiger partial charge in [-0.25, -0.2) is 4.79 Å². The van der Waals surface area contributed by atoms with Crippen molar-refractivity contribution in [3.05, 3.63) is 64.6 Å². The second-order valence-electron chi connectivity index (χ2n) is 5.67. The molecule has 0 saturated carbocycles. The molecular weight excluding hydrogens is 364 g/mol. The number of ether oxygens (including phenoxy) is 2. The van der Waals surface area contributed by atoms with Crippen molar-refractivity contribution in [3.63, 3.8) is 0 Å². The van der Waals surface area contributed by atoms with Crippen molar-refractivity contribution >= 4 is 28.7 Å². The SMILES string of the molecule is CCOc1ccc(N(Cc2cncs2)c2ccc(C(=O)O)cc2)cc1OC. The largest absolute Gasteiger partial charge is 0.493 e. The van der Waals surface area contributed by atoms with Crippen molar-refractivity contribution in [1.82, 2.24) is 4.98 Å². The van der Waals surface area contributed by atoms with Crippen LogP contribution in [0.2, 0.25) is 0 Å². The van der Waals surface area contributed by atoms with Crippen LogP contribution >= 0.6 is 11.3 Å². The van der Waals surface area contributed by atoms with Crippen molar-refractivity contribution in [2.45, 2.75) is 13.5 Å². The first kappa shape index (κ1) is 18.7. The van der Waals surface area contributed by atoms with Crippen LogP contribution in [0.15, 0.2) is 54.2 Å². The van der Waals surface area contributed by atoms with E-state index in [1.165, 1.54) is 0 Å². The molecule has 2 aromatic carbocycles. The van der Waals surface area contributed by atoms with Crippen molar-refractivity contribution in [2.24, 2.45) is 0 Å². The van der Waals surface area contributed by atoms with Crippen LogP contribution in [-0.2, 0) is 6.54 Å². The third kappa shape index (κ3) is 4.38. The van der Waals surface area contributed by atoms with Gasteiger partial charge in [-0.1, -0.05) is 0 Å². The Hall–Kier alpha value is -3.06. The first-order valence-electron chi connectivity index (χ1n) is 8.41. The Morgan fingerprint density at radius 3 is 2.48 bits per heavy atom. The van der Waals surface area contributed by atoms with E-state index in [9.17, 15) is 4.79 Å². The van der Waals surface area contributed by atoms with Gasteiger partial charge in [0.2, 0.25) is 0 Å². The highest BCUT2D eigenvalue weighted by Gasteiger charge is 2.15. The summed E-state index contributed by atoms with van der Waals surface area (Å²) in [7, 11) is 1.61. The van der Waals surface area contributed by atoms with Gasteiger partial charge in [0.05, 0.1) is 31.3 Å². The van der Waals surface area contributed by atoms with E-state index in [4.69, 9.17) is 14.6 Å². The Balaban J connectivity index is 2.00. The van der Waals surface area contributed by atoms with Crippen molar-refractivity contribution < 1.29 is 19.4 Å². The second kappa shape index (κ2) is 8.55. The maximum Gasteiger partial charge on any atom is 0.335 e. The summed E-state index contributed by atoms with van der Waals surface area (Å²) in [4.78, 5) is 18.5. The molecule has 0 saturated heterocycles. The third-order valence-electron chi connectivity index (χ3n) is 3.98. The van der Waals surface area contributed by atoms with E-state index in [1.807, 2.05) is 31.3 Å². The number of rotatable bonds is 8. The molecule has 27 heavy (non-hydrogen) atoms. The number of hydrogen-bond acceptors (Lipinski definition) is 6. The van der Waals surface area contributed by atoms with Crippen LogP contribution in [0.1, 0.15) is 22.2 Å². The smallest absolute Gasteiger partial charge is 0.335 e. The summed E-state index contributed by atoms with van der Waals surface area (Å²) in [6.45, 7) is 3.08. The number of anilines is 2. The predicted octanol–water partition coefficient (Wildman–Crippen LogP) is 4.59. The summed E-state index contributed by atoms with van der Waals surface area (Å²) in [6.07, 6.45) is 1.83. The molecule has 0 fully saturated rings. The molecule has 140 valence electrons. The van der Waals surface area contributed by atoms with E-state index in [-0.39, 0.29) is 5.56 Å². The van der Waals surface area contributed by atoms with E-state index in [2.05, 4.69) is 9.88 Å². The molecule has 3 aromatic rings. The van der Waals surface area contributed by atoms with Gasteiger partial charge in [0.1, 0.15) is 0 Å². The highest BCUT2D eigenvalue weighted by molar-refractivity contribution is 7.09. The number of benzene rings is 2. The van der Waals surface area contributed by atoms with Crippen molar-refractivity contribution in [1.29, 1.82) is 0 Å². The average Bonchev–Trinajstić information content (AvgIpc) is 3.20. The number of thiazole rings is 1. The number of aromatic carboxylic acids is 1. The molecule has 0 spiro atoms. The van der Waals surface area contributed by atoms with Crippen molar-refractivity contribution in [3.8, 4) is 11.5 Å². The number of hydrogen-bond donors (Lipinski definition) is 1. The number of carboxylic acids is 1. The Labute approximate surface area is 161 Å². The van der Waals surface area contributed by atoms with Gasteiger partial charge in [0.25, 0.3) is 0 Å². The van der Waals surface area contributed by atoms with Crippen LogP contribution in [0.5, 0.6) is 11.5 Å². The highest BCUT2D eigenvalue weighted by atomic mass is 32.1. The minimum Gasteiger partial charge on any atom is -0.493 e. The molecule has 0 aliphatic heterocycles. The summed E-state index contributed by atoms with van der Waals surface area (Å²) in [5, 5.41) is 9.14. The van der Waals surface area contributed by atoms with E-state index < -0.39 is 5.97 Å². The van der Waals surface area contributed by atoms with E-state index >= 15 is 0 Å². The van der Waals surface area contributed by atoms with Crippen LogP contribution in [0.25, 0.3) is 0 Å². The summed E-state index contributed by atoms with van der Waals surface area (Å²) in [5.41, 5.74) is 3.83. The Bertz CT molecular complexity index is 895. The zero-order chi connectivity index (χ0) is 19.2. The Morgan fingerprint density at radius 1 is 1.15 bits per heavy atom. The standard InChI is InChI=1S/C20H20N2O4S/c1-3-26-18-9-8-16(10-19(18)25-2)22(12-17-11-21-13-27-17)15-6-4-14(5-7-15)20(23)24/h4-11,13H,3,12H2,1-2H3,(H,23,24). The third-order valence-corrected chi connectivity index (χ3v) is 4.75. The summed E-state index contributed by atoms with van der Waals surface area (Å²) in [6, 6.07) is 12.5. The molecular formula is C20H20N2O4S. The molecule has 0 atom stereocenters. The molecule has 0 radical (unpaired) electrons. The maximum absolute atomic E-state index is 11.1. The highest BCUT2D eigenvalue weighted by Crippen LogP contribution is 2.36. The lowest BCUT2D eigenvalue weighted by molar-refractivity contribution is 0.0697.